The van der Waals surface area contributed by atoms with E-state index in [-0.39, 0.29) is 18.0 Å². The quantitative estimate of drug-likeness (QED) is 0.434. The van der Waals surface area contributed by atoms with E-state index in [9.17, 15) is 8.42 Å². The first-order valence-corrected chi connectivity index (χ1v) is 12.4. The molecule has 0 N–H and O–H groups in total. The highest BCUT2D eigenvalue weighted by Gasteiger charge is 2.25. The zero-order valence-corrected chi connectivity index (χ0v) is 15.7. The second kappa shape index (κ2) is 7.27. The number of aryl methyl sites for hydroxylation is 1. The van der Waals surface area contributed by atoms with Gasteiger partial charge in [-0.05, 0) is 25.1 Å². The van der Waals surface area contributed by atoms with E-state index in [1.165, 1.54) is 4.31 Å². The van der Waals surface area contributed by atoms with E-state index in [1.807, 2.05) is 6.92 Å². The van der Waals surface area contributed by atoms with E-state index in [0.29, 0.717) is 0 Å². The molecule has 0 fully saturated rings. The summed E-state index contributed by atoms with van der Waals surface area (Å²) < 4.78 is 26.8. The van der Waals surface area contributed by atoms with Gasteiger partial charge in [0.15, 0.2) is 0 Å². The Morgan fingerprint density at radius 1 is 1.27 bits per heavy atom. The second-order valence-corrected chi connectivity index (χ2v) is 14.2. The van der Waals surface area contributed by atoms with Crippen molar-refractivity contribution in [2.75, 3.05) is 13.1 Å². The number of hydrogen-bond donors (Lipinski definition) is 0. The van der Waals surface area contributed by atoms with Crippen LogP contribution in [0.4, 0.5) is 0 Å². The van der Waals surface area contributed by atoms with Crippen molar-refractivity contribution in [3.05, 3.63) is 42.0 Å². The van der Waals surface area contributed by atoms with Crippen LogP contribution in [-0.2, 0) is 10.0 Å². The lowest BCUT2D eigenvalue weighted by molar-refractivity contribution is 0.471. The molecule has 0 amide bonds. The minimum atomic E-state index is -3.59. The maximum Gasteiger partial charge on any atom is 0.244 e. The average molecular weight is 336 g/mol. The van der Waals surface area contributed by atoms with Crippen LogP contribution in [0.1, 0.15) is 5.56 Å². The van der Waals surface area contributed by atoms with Gasteiger partial charge in [-0.15, -0.1) is 6.42 Å². The lowest BCUT2D eigenvalue weighted by atomic mass is 10.2. The van der Waals surface area contributed by atoms with E-state index in [0.717, 1.165) is 17.2 Å². The van der Waals surface area contributed by atoms with Crippen molar-refractivity contribution in [2.24, 2.45) is 0 Å². The van der Waals surface area contributed by atoms with Crippen molar-refractivity contribution in [1.82, 2.24) is 4.31 Å². The largest absolute Gasteiger partial charge is 0.244 e. The third-order valence-corrected chi connectivity index (χ3v) is 6.47. The van der Waals surface area contributed by atoms with Gasteiger partial charge in [0.2, 0.25) is 10.0 Å². The molecule has 0 aromatic heterocycles. The highest BCUT2D eigenvalue weighted by atomic mass is 32.2. The van der Waals surface area contributed by atoms with Crippen LogP contribution in [0.15, 0.2) is 41.3 Å². The van der Waals surface area contributed by atoms with Crippen LogP contribution < -0.4 is 0 Å². The Labute approximate surface area is 136 Å². The number of hydrogen-bond acceptors (Lipinski definition) is 2. The molecule has 0 heterocycles. The molecule has 0 spiro atoms. The Morgan fingerprint density at radius 2 is 1.82 bits per heavy atom. The van der Waals surface area contributed by atoms with Crippen LogP contribution in [0.2, 0.25) is 25.7 Å². The first-order valence-electron chi connectivity index (χ1n) is 7.23. The summed E-state index contributed by atoms with van der Waals surface area (Å²) in [5.74, 6) is 2.44. The van der Waals surface area contributed by atoms with Gasteiger partial charge < -0.3 is 0 Å². The molecule has 1 aromatic rings. The zero-order chi connectivity index (χ0) is 17.0. The van der Waals surface area contributed by atoms with Gasteiger partial charge in [-0.25, -0.2) is 8.42 Å². The number of nitrogens with zero attached hydrogens (tertiary/aromatic N) is 1. The minimum Gasteiger partial charge on any atom is -0.207 e. The molecule has 0 aliphatic heterocycles. The molecule has 0 bridgehead atoms. The maximum atomic E-state index is 12.7. The Kier molecular flexibility index (Phi) is 6.18. The first kappa shape index (κ1) is 18.7. The van der Waals surface area contributed by atoms with Crippen LogP contribution >= 0.6 is 0 Å². The summed E-state index contributed by atoms with van der Waals surface area (Å²) in [4.78, 5) is 0.272. The van der Waals surface area contributed by atoms with Crippen LogP contribution in [0.5, 0.6) is 0 Å². The van der Waals surface area contributed by atoms with Crippen molar-refractivity contribution in [2.45, 2.75) is 37.5 Å². The summed E-state index contributed by atoms with van der Waals surface area (Å²) in [6, 6.07) is 7.71. The fraction of sp³-hybridized carbons (Fsp3) is 0.412. The number of benzene rings is 1. The van der Waals surface area contributed by atoms with E-state index in [2.05, 4.69) is 32.1 Å². The molecular weight excluding hydrogens is 310 g/mol. The summed E-state index contributed by atoms with van der Waals surface area (Å²) in [6.45, 7) is 13.0. The number of terminal acetylenes is 1. The van der Waals surface area contributed by atoms with Crippen molar-refractivity contribution < 1.29 is 8.42 Å². The monoisotopic (exact) mass is 335 g/mol. The van der Waals surface area contributed by atoms with E-state index < -0.39 is 18.1 Å². The average Bonchev–Trinajstić information content (AvgIpc) is 2.36. The summed E-state index contributed by atoms with van der Waals surface area (Å²) in [5, 5.41) is 0. The second-order valence-electron chi connectivity index (χ2n) is 6.78. The smallest absolute Gasteiger partial charge is 0.207 e. The lowest BCUT2D eigenvalue weighted by Gasteiger charge is -2.24. The van der Waals surface area contributed by atoms with E-state index >= 15 is 0 Å². The minimum absolute atomic E-state index is 0.0565. The van der Waals surface area contributed by atoms with Gasteiger partial charge in [-0.2, -0.15) is 4.31 Å². The number of rotatable bonds is 7. The normalized spacial score (nSPS) is 12.2. The third kappa shape index (κ3) is 5.45. The molecule has 0 aliphatic carbocycles. The summed E-state index contributed by atoms with van der Waals surface area (Å²) >= 11 is 0. The Bertz CT molecular complexity index is 664. The zero-order valence-electron chi connectivity index (χ0n) is 13.9. The molecule has 0 atom stereocenters. The van der Waals surface area contributed by atoms with Gasteiger partial charge >= 0.3 is 0 Å². The molecule has 1 aromatic carbocycles. The molecule has 5 heteroatoms. The standard InChI is InChI=1S/C17H25NO2SSi/c1-7-12-18(13-16(3)14-22(4,5)6)21(19,20)17-10-8-15(2)9-11-17/h1,8-11H,3,12-14H2,2,4-6H3. The first-order chi connectivity index (χ1) is 10.1. The molecule has 0 saturated carbocycles. The molecule has 0 saturated heterocycles. The fourth-order valence-corrected chi connectivity index (χ4v) is 5.23. The predicted molar refractivity (Wildman–Crippen MR) is 96.1 cm³/mol. The fourth-order valence-electron chi connectivity index (χ4n) is 2.24. The maximum absolute atomic E-state index is 12.7. The molecule has 120 valence electrons. The molecular formula is C17H25NO2SSi. The summed E-state index contributed by atoms with van der Waals surface area (Å²) in [6.07, 6.45) is 5.35. The Hall–Kier alpha value is -1.35. The van der Waals surface area contributed by atoms with Crippen LogP contribution in [-0.4, -0.2) is 33.9 Å². The predicted octanol–water partition coefficient (Wildman–Crippen LogP) is 3.51. The summed E-state index contributed by atoms with van der Waals surface area (Å²) in [7, 11) is -4.91. The van der Waals surface area contributed by atoms with Gasteiger partial charge in [-0.1, -0.05) is 55.4 Å². The molecule has 0 unspecified atom stereocenters. The molecule has 1 rings (SSSR count). The summed E-state index contributed by atoms with van der Waals surface area (Å²) in [5.41, 5.74) is 1.94. The van der Waals surface area contributed by atoms with Crippen molar-refractivity contribution in [3.8, 4) is 12.3 Å². The van der Waals surface area contributed by atoms with Gasteiger partial charge in [0.05, 0.1) is 11.4 Å². The van der Waals surface area contributed by atoms with E-state index in [4.69, 9.17) is 6.42 Å². The van der Waals surface area contributed by atoms with Crippen LogP contribution in [0.25, 0.3) is 0 Å². The SMILES string of the molecule is C#CCN(CC(=C)C[Si](C)(C)C)S(=O)(=O)c1ccc(C)cc1. The number of sulfonamides is 1. The molecule has 0 aliphatic rings. The van der Waals surface area contributed by atoms with Gasteiger partial charge in [0.25, 0.3) is 0 Å². The highest BCUT2D eigenvalue weighted by molar-refractivity contribution is 7.89. The Balaban J connectivity index is 3.01. The van der Waals surface area contributed by atoms with Gasteiger partial charge in [0.1, 0.15) is 0 Å². The van der Waals surface area contributed by atoms with Gasteiger partial charge in [0, 0.05) is 14.6 Å². The van der Waals surface area contributed by atoms with Crippen LogP contribution in [0, 0.1) is 19.3 Å². The highest BCUT2D eigenvalue weighted by Crippen LogP contribution is 2.20. The van der Waals surface area contributed by atoms with Gasteiger partial charge in [-0.3, -0.25) is 0 Å². The Morgan fingerprint density at radius 3 is 2.27 bits per heavy atom. The van der Waals surface area contributed by atoms with Crippen molar-refractivity contribution in [1.29, 1.82) is 0 Å². The topological polar surface area (TPSA) is 37.4 Å². The van der Waals surface area contributed by atoms with Crippen molar-refractivity contribution >= 4 is 18.1 Å². The van der Waals surface area contributed by atoms with Crippen molar-refractivity contribution in [3.63, 3.8) is 0 Å². The third-order valence-electron chi connectivity index (χ3n) is 3.11. The molecule has 0 radical (unpaired) electrons. The molecule has 3 nitrogen and oxygen atoms in total. The lowest BCUT2D eigenvalue weighted by Crippen LogP contribution is -2.34. The van der Waals surface area contributed by atoms with E-state index in [1.54, 1.807) is 24.3 Å². The molecule has 22 heavy (non-hydrogen) atoms. The van der Waals surface area contributed by atoms with Crippen LogP contribution in [0.3, 0.4) is 0 Å².